The van der Waals surface area contributed by atoms with Gasteiger partial charge in [0, 0.05) is 4.47 Å². The van der Waals surface area contributed by atoms with Crippen LogP contribution in [-0.2, 0) is 15.5 Å². The van der Waals surface area contributed by atoms with Gasteiger partial charge in [-0.25, -0.2) is 0 Å². The highest BCUT2D eigenvalue weighted by Gasteiger charge is 2.54. The summed E-state index contributed by atoms with van der Waals surface area (Å²) in [5.74, 6) is 0.342. The van der Waals surface area contributed by atoms with E-state index in [0.717, 1.165) is 18.4 Å². The fraction of sp³-hybridized carbons (Fsp3) is 0.625. The van der Waals surface area contributed by atoms with E-state index in [9.17, 15) is 13.2 Å². The molecule has 1 aliphatic heterocycles. The largest absolute Gasteiger partial charge is 0.495 e. The molecule has 1 saturated carbocycles. The zero-order chi connectivity index (χ0) is 17.2. The maximum atomic E-state index is 13.6. The Morgan fingerprint density at radius 1 is 1.09 bits per heavy atom. The standard InChI is InChI=1S/C16H19BBrF3O2/c1-14(2)15(3,4)23-17(22-14)11-7-10(9-5-6-9)8-12(18)13(11)16(19,20)21/h7-9H,5-6H2,1-4H3. The molecule has 126 valence electrons. The summed E-state index contributed by atoms with van der Waals surface area (Å²) in [5, 5.41) is 0. The SMILES string of the molecule is CC1(C)OB(c2cc(C3CC3)cc(Br)c2C(F)(F)F)OC1(C)C. The molecule has 0 radical (unpaired) electrons. The van der Waals surface area contributed by atoms with E-state index in [1.54, 1.807) is 12.1 Å². The molecule has 1 heterocycles. The van der Waals surface area contributed by atoms with Gasteiger partial charge in [-0.3, -0.25) is 0 Å². The van der Waals surface area contributed by atoms with E-state index in [0.29, 0.717) is 5.92 Å². The summed E-state index contributed by atoms with van der Waals surface area (Å²) < 4.78 is 52.4. The summed E-state index contributed by atoms with van der Waals surface area (Å²) in [4.78, 5) is 0. The van der Waals surface area contributed by atoms with Gasteiger partial charge in [-0.15, -0.1) is 0 Å². The Hall–Kier alpha value is -0.525. The van der Waals surface area contributed by atoms with E-state index in [2.05, 4.69) is 15.9 Å². The predicted octanol–water partition coefficient (Wildman–Crippen LogP) is 4.64. The van der Waals surface area contributed by atoms with Gasteiger partial charge >= 0.3 is 13.3 Å². The first-order valence-electron chi connectivity index (χ1n) is 7.68. The first kappa shape index (κ1) is 17.3. The van der Waals surface area contributed by atoms with Crippen molar-refractivity contribution in [1.29, 1.82) is 0 Å². The van der Waals surface area contributed by atoms with Crippen LogP contribution in [0.3, 0.4) is 0 Å². The average Bonchev–Trinajstić information content (AvgIpc) is 3.15. The van der Waals surface area contributed by atoms with Gasteiger partial charge in [0.15, 0.2) is 0 Å². The fourth-order valence-electron chi connectivity index (χ4n) is 2.76. The molecule has 0 bridgehead atoms. The maximum Gasteiger partial charge on any atom is 0.495 e. The molecule has 7 heteroatoms. The molecule has 0 N–H and O–H groups in total. The second-order valence-electron chi connectivity index (χ2n) is 7.33. The Kier molecular flexibility index (Phi) is 3.94. The van der Waals surface area contributed by atoms with E-state index in [-0.39, 0.29) is 9.94 Å². The van der Waals surface area contributed by atoms with Crippen LogP contribution >= 0.6 is 15.9 Å². The minimum Gasteiger partial charge on any atom is -0.399 e. The Morgan fingerprint density at radius 3 is 2.04 bits per heavy atom. The van der Waals surface area contributed by atoms with Gasteiger partial charge in [0.25, 0.3) is 0 Å². The first-order chi connectivity index (χ1) is 10.4. The van der Waals surface area contributed by atoms with Crippen molar-refractivity contribution in [1.82, 2.24) is 0 Å². The molecule has 0 aromatic heterocycles. The van der Waals surface area contributed by atoms with Crippen LogP contribution in [0.1, 0.15) is 57.6 Å². The van der Waals surface area contributed by atoms with Crippen molar-refractivity contribution in [3.05, 3.63) is 27.7 Å². The summed E-state index contributed by atoms with van der Waals surface area (Å²) in [5.41, 5.74) is -1.09. The monoisotopic (exact) mass is 390 g/mol. The maximum absolute atomic E-state index is 13.6. The molecule has 2 fully saturated rings. The third kappa shape index (κ3) is 3.07. The van der Waals surface area contributed by atoms with Gasteiger partial charge in [-0.1, -0.05) is 22.0 Å². The van der Waals surface area contributed by atoms with E-state index in [4.69, 9.17) is 9.31 Å². The van der Waals surface area contributed by atoms with Crippen LogP contribution in [0.5, 0.6) is 0 Å². The molecular weight excluding hydrogens is 372 g/mol. The smallest absolute Gasteiger partial charge is 0.399 e. The van der Waals surface area contributed by atoms with Crippen molar-refractivity contribution >= 4 is 28.5 Å². The Bertz CT molecular complexity index is 623. The minimum atomic E-state index is -4.47. The molecule has 1 aromatic carbocycles. The molecule has 2 nitrogen and oxygen atoms in total. The van der Waals surface area contributed by atoms with Crippen molar-refractivity contribution in [3.8, 4) is 0 Å². The quantitative estimate of drug-likeness (QED) is 0.684. The van der Waals surface area contributed by atoms with Crippen LogP contribution in [0.2, 0.25) is 0 Å². The van der Waals surface area contributed by atoms with Gasteiger partial charge in [0.2, 0.25) is 0 Å². The highest BCUT2D eigenvalue weighted by Crippen LogP contribution is 2.44. The first-order valence-corrected chi connectivity index (χ1v) is 8.48. The molecule has 1 aliphatic carbocycles. The Morgan fingerprint density at radius 2 is 1.61 bits per heavy atom. The fourth-order valence-corrected chi connectivity index (χ4v) is 3.48. The highest BCUT2D eigenvalue weighted by atomic mass is 79.9. The minimum absolute atomic E-state index is 0.0547. The zero-order valence-electron chi connectivity index (χ0n) is 13.6. The molecule has 0 unspecified atom stereocenters. The molecular formula is C16H19BBrF3O2. The van der Waals surface area contributed by atoms with Crippen LogP contribution in [0.25, 0.3) is 0 Å². The van der Waals surface area contributed by atoms with Crippen LogP contribution in [0.4, 0.5) is 13.2 Å². The Labute approximate surface area is 143 Å². The van der Waals surface area contributed by atoms with E-state index in [1.807, 2.05) is 27.7 Å². The van der Waals surface area contributed by atoms with Crippen molar-refractivity contribution in [2.45, 2.75) is 63.8 Å². The summed E-state index contributed by atoms with van der Waals surface area (Å²) in [6.07, 6.45) is -2.44. The highest BCUT2D eigenvalue weighted by molar-refractivity contribution is 9.10. The number of hydrogen-bond donors (Lipinski definition) is 0. The molecule has 0 spiro atoms. The normalized spacial score (nSPS) is 23.4. The molecule has 1 saturated heterocycles. The molecule has 23 heavy (non-hydrogen) atoms. The zero-order valence-corrected chi connectivity index (χ0v) is 15.1. The number of rotatable bonds is 2. The topological polar surface area (TPSA) is 18.5 Å². The van der Waals surface area contributed by atoms with E-state index >= 15 is 0 Å². The lowest BCUT2D eigenvalue weighted by Crippen LogP contribution is -2.41. The van der Waals surface area contributed by atoms with Gasteiger partial charge in [-0.05, 0) is 63.5 Å². The summed E-state index contributed by atoms with van der Waals surface area (Å²) >= 11 is 3.10. The van der Waals surface area contributed by atoms with Crippen LogP contribution in [0.15, 0.2) is 16.6 Å². The van der Waals surface area contributed by atoms with Crippen molar-refractivity contribution in [3.63, 3.8) is 0 Å². The van der Waals surface area contributed by atoms with Crippen molar-refractivity contribution in [2.24, 2.45) is 0 Å². The predicted molar refractivity (Wildman–Crippen MR) is 86.8 cm³/mol. The second kappa shape index (κ2) is 5.23. The third-order valence-electron chi connectivity index (χ3n) is 4.98. The summed E-state index contributed by atoms with van der Waals surface area (Å²) in [7, 11) is -1.02. The van der Waals surface area contributed by atoms with Gasteiger partial charge in [0.05, 0.1) is 16.8 Å². The Balaban J connectivity index is 2.10. The molecule has 2 aliphatic rings. The third-order valence-corrected chi connectivity index (χ3v) is 5.61. The average molecular weight is 391 g/mol. The summed E-state index contributed by atoms with van der Waals surface area (Å²) in [6.45, 7) is 7.33. The van der Waals surface area contributed by atoms with Gasteiger partial charge in [0.1, 0.15) is 0 Å². The molecule has 0 atom stereocenters. The van der Waals surface area contributed by atoms with Crippen LogP contribution in [0, 0.1) is 0 Å². The lowest BCUT2D eigenvalue weighted by Gasteiger charge is -2.32. The number of hydrogen-bond acceptors (Lipinski definition) is 2. The van der Waals surface area contributed by atoms with Crippen molar-refractivity contribution < 1.29 is 22.5 Å². The summed E-state index contributed by atoms with van der Waals surface area (Å²) in [6, 6.07) is 3.18. The van der Waals surface area contributed by atoms with Gasteiger partial charge in [-0.2, -0.15) is 13.2 Å². The molecule has 3 rings (SSSR count). The number of alkyl halides is 3. The van der Waals surface area contributed by atoms with Crippen molar-refractivity contribution in [2.75, 3.05) is 0 Å². The van der Waals surface area contributed by atoms with Crippen LogP contribution < -0.4 is 5.46 Å². The van der Waals surface area contributed by atoms with E-state index in [1.165, 1.54) is 0 Å². The molecule has 1 aromatic rings. The second-order valence-corrected chi connectivity index (χ2v) is 8.18. The lowest BCUT2D eigenvalue weighted by molar-refractivity contribution is -0.137. The number of benzene rings is 1. The lowest BCUT2D eigenvalue weighted by atomic mass is 9.74. The van der Waals surface area contributed by atoms with E-state index < -0.39 is 30.1 Å². The van der Waals surface area contributed by atoms with Crippen LogP contribution in [-0.4, -0.2) is 18.3 Å². The molecule has 0 amide bonds. The van der Waals surface area contributed by atoms with Gasteiger partial charge < -0.3 is 9.31 Å². The number of halogens is 4.